The molecule has 10 heteroatoms. The number of aromatic nitrogens is 4. The number of aryl methyl sites for hydroxylation is 1. The summed E-state index contributed by atoms with van der Waals surface area (Å²) >= 11 is 0. The lowest BCUT2D eigenvalue weighted by atomic mass is 10.1. The highest BCUT2D eigenvalue weighted by Crippen LogP contribution is 2.52. The van der Waals surface area contributed by atoms with E-state index in [4.69, 9.17) is 4.42 Å². The molecule has 0 aliphatic rings. The lowest BCUT2D eigenvalue weighted by Crippen LogP contribution is -2.10. The minimum atomic E-state index is -3.02. The maximum Gasteiger partial charge on any atom is 0.268 e. The zero-order chi connectivity index (χ0) is 25.2. The fraction of sp³-hybridized carbons (Fsp3) is 0.240. The summed E-state index contributed by atoms with van der Waals surface area (Å²) < 4.78 is 26.9. The van der Waals surface area contributed by atoms with Crippen molar-refractivity contribution in [2.45, 2.75) is 37.5 Å². The molecule has 0 saturated carbocycles. The molecule has 3 N–H and O–H groups in total. The molecule has 0 spiro atoms. The van der Waals surface area contributed by atoms with Gasteiger partial charge >= 0.3 is 0 Å². The first-order chi connectivity index (χ1) is 16.7. The number of nitrogens with one attached hydrogen (secondary N) is 1. The summed E-state index contributed by atoms with van der Waals surface area (Å²) in [6.07, 6.45) is 1.56. The molecule has 0 atom stereocenters. The van der Waals surface area contributed by atoms with Crippen molar-refractivity contribution in [3.8, 4) is 40.4 Å². The van der Waals surface area contributed by atoms with E-state index in [2.05, 4.69) is 31.6 Å². The maximum absolute atomic E-state index is 10.5. The van der Waals surface area contributed by atoms with E-state index in [0.29, 0.717) is 33.4 Å². The van der Waals surface area contributed by atoms with Gasteiger partial charge in [0.15, 0.2) is 0 Å². The lowest BCUT2D eigenvalue weighted by molar-refractivity contribution is 0.476. The van der Waals surface area contributed by atoms with Crippen molar-refractivity contribution in [1.29, 1.82) is 5.26 Å². The van der Waals surface area contributed by atoms with Gasteiger partial charge in [-0.2, -0.15) is 15.9 Å². The fourth-order valence-corrected chi connectivity index (χ4v) is 4.59. The Morgan fingerprint density at radius 2 is 1.80 bits per heavy atom. The third-order valence-electron chi connectivity index (χ3n) is 5.56. The first-order valence-electron chi connectivity index (χ1n) is 11.0. The molecule has 2 aromatic carbocycles. The van der Waals surface area contributed by atoms with Gasteiger partial charge in [0.05, 0.1) is 34.1 Å². The van der Waals surface area contributed by atoms with Crippen LogP contribution >= 0.6 is 10.6 Å². The average Bonchev–Trinajstić information content (AvgIpc) is 3.34. The molecule has 0 unspecified atom stereocenters. The van der Waals surface area contributed by atoms with E-state index < -0.39 is 10.6 Å². The van der Waals surface area contributed by atoms with Gasteiger partial charge in [-0.15, -0.1) is 10.2 Å². The van der Waals surface area contributed by atoms with Crippen molar-refractivity contribution in [1.82, 2.24) is 25.5 Å². The van der Waals surface area contributed by atoms with Gasteiger partial charge in [0, 0.05) is 22.9 Å². The third kappa shape index (κ3) is 4.94. The van der Waals surface area contributed by atoms with Crippen LogP contribution in [0.2, 0.25) is 0 Å². The molecular formula is C25H26N6O3S. The van der Waals surface area contributed by atoms with Crippen molar-refractivity contribution in [3.05, 3.63) is 65.5 Å². The Morgan fingerprint density at radius 1 is 1.09 bits per heavy atom. The highest BCUT2D eigenvalue weighted by atomic mass is 32.3. The molecule has 35 heavy (non-hydrogen) atoms. The molecule has 0 bridgehead atoms. The Labute approximate surface area is 205 Å². The molecule has 4 rings (SSSR count). The predicted octanol–water partition coefficient (Wildman–Crippen LogP) is 5.28. The van der Waals surface area contributed by atoms with Crippen molar-refractivity contribution in [2.75, 3.05) is 7.05 Å². The van der Waals surface area contributed by atoms with Gasteiger partial charge in [-0.3, -0.25) is 14.1 Å². The standard InChI is InChI=1S/C25H26N6O3S/c1-15(2)35(32,33)20-9-10-21(19(11-20)12-26)22-14-28-16(3)23(29-22)25-31-30-24(34-25)18-7-5-17(6-8-18)13-27-4/h5-11,14-15,27,32-33H,13H2,1-4H3. The van der Waals surface area contributed by atoms with Crippen LogP contribution in [-0.2, 0) is 6.54 Å². The van der Waals surface area contributed by atoms with E-state index in [-0.39, 0.29) is 16.7 Å². The SMILES string of the molecule is CNCc1ccc(-c2nnc(-c3nc(-c4ccc(S(O)(O)C(C)C)cc4C#N)cnc3C)o2)cc1. The number of nitrogens with zero attached hydrogens (tertiary/aromatic N) is 5. The number of hydrogen-bond acceptors (Lipinski definition) is 9. The third-order valence-corrected chi connectivity index (χ3v) is 7.82. The number of hydrogen-bond donors (Lipinski definition) is 3. The molecule has 0 radical (unpaired) electrons. The quantitative estimate of drug-likeness (QED) is 0.315. The van der Waals surface area contributed by atoms with E-state index in [0.717, 1.165) is 17.7 Å². The van der Waals surface area contributed by atoms with Crippen molar-refractivity contribution >= 4 is 10.6 Å². The summed E-state index contributed by atoms with van der Waals surface area (Å²) in [7, 11) is -1.13. The van der Waals surface area contributed by atoms with Crippen LogP contribution in [0.5, 0.6) is 0 Å². The van der Waals surface area contributed by atoms with Crippen molar-refractivity contribution in [2.24, 2.45) is 0 Å². The lowest BCUT2D eigenvalue weighted by Gasteiger charge is -2.36. The molecule has 0 amide bonds. The van der Waals surface area contributed by atoms with Crippen LogP contribution in [0.1, 0.15) is 30.7 Å². The van der Waals surface area contributed by atoms with Gasteiger partial charge in [-0.1, -0.05) is 12.1 Å². The Hall–Kier alpha value is -3.62. The van der Waals surface area contributed by atoms with Gasteiger partial charge in [0.2, 0.25) is 5.89 Å². The second kappa shape index (κ2) is 9.93. The summed E-state index contributed by atoms with van der Waals surface area (Å²) in [6.45, 7) is 6.00. The summed E-state index contributed by atoms with van der Waals surface area (Å²) in [4.78, 5) is 9.39. The van der Waals surface area contributed by atoms with Gasteiger partial charge in [0.25, 0.3) is 5.89 Å². The van der Waals surface area contributed by atoms with Crippen LogP contribution in [0.25, 0.3) is 34.3 Å². The molecular weight excluding hydrogens is 464 g/mol. The van der Waals surface area contributed by atoms with Gasteiger partial charge in [-0.25, -0.2) is 4.98 Å². The number of rotatable bonds is 7. The topological polar surface area (TPSA) is 141 Å². The Kier molecular flexibility index (Phi) is 6.95. The highest BCUT2D eigenvalue weighted by molar-refractivity contribution is 8.24. The van der Waals surface area contributed by atoms with Crippen LogP contribution in [0, 0.1) is 18.3 Å². The maximum atomic E-state index is 10.5. The number of nitriles is 1. The van der Waals surface area contributed by atoms with Crippen molar-refractivity contribution < 1.29 is 13.5 Å². The smallest absolute Gasteiger partial charge is 0.268 e. The minimum absolute atomic E-state index is 0.218. The second-order valence-corrected chi connectivity index (χ2v) is 10.9. The zero-order valence-electron chi connectivity index (χ0n) is 19.9. The minimum Gasteiger partial charge on any atom is -0.415 e. The van der Waals surface area contributed by atoms with E-state index in [1.807, 2.05) is 31.3 Å². The molecule has 0 aliphatic carbocycles. The van der Waals surface area contributed by atoms with E-state index in [1.54, 1.807) is 39.1 Å². The summed E-state index contributed by atoms with van der Waals surface area (Å²) in [6, 6.07) is 14.7. The normalized spacial score (nSPS) is 12.1. The largest absolute Gasteiger partial charge is 0.415 e. The summed E-state index contributed by atoms with van der Waals surface area (Å²) in [5.74, 6) is 0.582. The van der Waals surface area contributed by atoms with E-state index in [1.165, 1.54) is 6.07 Å². The molecule has 180 valence electrons. The molecule has 0 fully saturated rings. The zero-order valence-corrected chi connectivity index (χ0v) is 20.7. The molecule has 0 saturated heterocycles. The Balaban J connectivity index is 1.70. The first-order valence-corrected chi connectivity index (χ1v) is 12.6. The van der Waals surface area contributed by atoms with Crippen LogP contribution < -0.4 is 5.32 Å². The molecule has 9 nitrogen and oxygen atoms in total. The van der Waals surface area contributed by atoms with Crippen LogP contribution in [-0.4, -0.2) is 41.6 Å². The van der Waals surface area contributed by atoms with E-state index >= 15 is 0 Å². The average molecular weight is 491 g/mol. The first kappa shape index (κ1) is 24.5. The van der Waals surface area contributed by atoms with Gasteiger partial charge in [-0.05, 0) is 63.7 Å². The van der Waals surface area contributed by atoms with Crippen LogP contribution in [0.3, 0.4) is 0 Å². The van der Waals surface area contributed by atoms with Crippen LogP contribution in [0.15, 0.2) is 58.0 Å². The summed E-state index contributed by atoms with van der Waals surface area (Å²) in [5.41, 5.74) is 4.15. The van der Waals surface area contributed by atoms with E-state index in [9.17, 15) is 14.4 Å². The monoisotopic (exact) mass is 490 g/mol. The molecule has 2 heterocycles. The van der Waals surface area contributed by atoms with Crippen LogP contribution in [0.4, 0.5) is 0 Å². The van der Waals surface area contributed by atoms with Crippen molar-refractivity contribution in [3.63, 3.8) is 0 Å². The summed E-state index contributed by atoms with van der Waals surface area (Å²) in [5, 5.41) is 20.8. The Morgan fingerprint density at radius 3 is 2.46 bits per heavy atom. The molecule has 4 aromatic rings. The van der Waals surface area contributed by atoms with Gasteiger partial charge < -0.3 is 9.73 Å². The molecule has 0 aliphatic heterocycles. The predicted molar refractivity (Wildman–Crippen MR) is 135 cm³/mol. The number of benzene rings is 2. The van der Waals surface area contributed by atoms with Gasteiger partial charge in [0.1, 0.15) is 5.69 Å². The Bertz CT molecular complexity index is 1390. The molecule has 2 aromatic heterocycles. The second-order valence-electron chi connectivity index (χ2n) is 8.29. The highest BCUT2D eigenvalue weighted by Gasteiger charge is 2.23. The fourth-order valence-electron chi connectivity index (χ4n) is 3.48.